The number of aryl methyl sites for hydroxylation is 1. The van der Waals surface area contributed by atoms with E-state index in [1.54, 1.807) is 0 Å². The third-order valence-electron chi connectivity index (χ3n) is 3.66. The molecule has 20 heavy (non-hydrogen) atoms. The number of aromatic nitrogens is 3. The number of hydrogen-bond acceptors (Lipinski definition) is 4. The maximum absolute atomic E-state index is 5.67. The van der Waals surface area contributed by atoms with Crippen molar-refractivity contribution in [2.24, 2.45) is 5.84 Å². The molecule has 2 heterocycles. The van der Waals surface area contributed by atoms with Crippen molar-refractivity contribution in [3.8, 4) is 0 Å². The monoisotopic (exact) mass is 273 g/mol. The molecule has 2 aromatic rings. The van der Waals surface area contributed by atoms with Gasteiger partial charge in [-0.2, -0.15) is 5.10 Å². The van der Waals surface area contributed by atoms with Crippen molar-refractivity contribution < 1.29 is 0 Å². The molecule has 2 rings (SSSR count). The van der Waals surface area contributed by atoms with Crippen molar-refractivity contribution >= 4 is 0 Å². The Kier molecular flexibility index (Phi) is 4.87. The van der Waals surface area contributed by atoms with Crippen LogP contribution in [-0.4, -0.2) is 14.8 Å². The van der Waals surface area contributed by atoms with Crippen LogP contribution < -0.4 is 11.3 Å². The molecule has 0 aliphatic heterocycles. The van der Waals surface area contributed by atoms with Crippen molar-refractivity contribution in [1.29, 1.82) is 0 Å². The molecule has 3 N–H and O–H groups in total. The summed E-state index contributed by atoms with van der Waals surface area (Å²) >= 11 is 0. The maximum Gasteiger partial charge on any atom is 0.0644 e. The summed E-state index contributed by atoms with van der Waals surface area (Å²) in [5.74, 6) is 5.67. The zero-order valence-electron chi connectivity index (χ0n) is 12.4. The molecule has 0 fully saturated rings. The molecule has 2 aromatic heterocycles. The Morgan fingerprint density at radius 3 is 2.75 bits per heavy atom. The number of nitrogens with zero attached hydrogens (tertiary/aromatic N) is 3. The van der Waals surface area contributed by atoms with Gasteiger partial charge in [0, 0.05) is 30.6 Å². The molecule has 0 saturated heterocycles. The lowest BCUT2D eigenvalue weighted by atomic mass is 10.0. The Morgan fingerprint density at radius 2 is 2.15 bits per heavy atom. The largest absolute Gasteiger partial charge is 0.271 e. The van der Waals surface area contributed by atoms with Gasteiger partial charge in [-0.1, -0.05) is 13.0 Å². The molecule has 0 radical (unpaired) electrons. The normalized spacial score (nSPS) is 14.2. The number of hydrogen-bond donors (Lipinski definition) is 2. The third-order valence-corrected chi connectivity index (χ3v) is 3.66. The molecular formula is C15H23N5. The average molecular weight is 273 g/mol. The highest BCUT2D eigenvalue weighted by Gasteiger charge is 2.13. The van der Waals surface area contributed by atoms with Gasteiger partial charge in [0.2, 0.25) is 0 Å². The van der Waals surface area contributed by atoms with E-state index in [0.717, 1.165) is 29.8 Å². The van der Waals surface area contributed by atoms with Crippen LogP contribution in [-0.2, 0) is 6.42 Å². The van der Waals surface area contributed by atoms with Crippen LogP contribution in [0.15, 0.2) is 30.6 Å². The molecule has 0 amide bonds. The summed E-state index contributed by atoms with van der Waals surface area (Å²) in [7, 11) is 0. The standard InChI is InChI=1S/C15H23N5/c1-4-12(3)20-8-7-14(19-20)9-15(18-16)13-6-5-11(2)17-10-13/h5-8,10,12,15,18H,4,9,16H2,1-3H3. The third kappa shape index (κ3) is 3.43. The smallest absolute Gasteiger partial charge is 0.0644 e. The summed E-state index contributed by atoms with van der Waals surface area (Å²) in [5, 5.41) is 4.61. The molecule has 0 spiro atoms. The molecule has 2 atom stereocenters. The highest BCUT2D eigenvalue weighted by atomic mass is 15.3. The lowest BCUT2D eigenvalue weighted by molar-refractivity contribution is 0.467. The van der Waals surface area contributed by atoms with Crippen LogP contribution in [0.4, 0.5) is 0 Å². The molecule has 108 valence electrons. The Balaban J connectivity index is 2.10. The Hall–Kier alpha value is -1.72. The minimum Gasteiger partial charge on any atom is -0.271 e. The minimum absolute atomic E-state index is 0.0309. The van der Waals surface area contributed by atoms with Crippen molar-refractivity contribution in [2.45, 2.75) is 45.7 Å². The summed E-state index contributed by atoms with van der Waals surface area (Å²) < 4.78 is 2.01. The van der Waals surface area contributed by atoms with Crippen LogP contribution in [0.5, 0.6) is 0 Å². The summed E-state index contributed by atoms with van der Waals surface area (Å²) in [6.45, 7) is 6.30. The summed E-state index contributed by atoms with van der Waals surface area (Å²) in [5.41, 5.74) is 5.97. The second-order valence-electron chi connectivity index (χ2n) is 5.20. The number of nitrogens with one attached hydrogen (secondary N) is 1. The SMILES string of the molecule is CCC(C)n1ccc(CC(NN)c2ccc(C)nc2)n1. The van der Waals surface area contributed by atoms with Gasteiger partial charge in [0.25, 0.3) is 0 Å². The molecule has 5 heteroatoms. The molecule has 0 aromatic carbocycles. The van der Waals surface area contributed by atoms with Crippen molar-refractivity contribution in [1.82, 2.24) is 20.2 Å². The number of pyridine rings is 1. The minimum atomic E-state index is 0.0309. The van der Waals surface area contributed by atoms with E-state index in [2.05, 4.69) is 41.5 Å². The van der Waals surface area contributed by atoms with Gasteiger partial charge in [0.1, 0.15) is 0 Å². The van der Waals surface area contributed by atoms with Gasteiger partial charge in [-0.25, -0.2) is 0 Å². The first-order valence-electron chi connectivity index (χ1n) is 7.06. The molecule has 0 aliphatic carbocycles. The lowest BCUT2D eigenvalue weighted by Gasteiger charge is -2.15. The topological polar surface area (TPSA) is 68.8 Å². The van der Waals surface area contributed by atoms with E-state index in [1.807, 2.05) is 30.1 Å². The second-order valence-corrected chi connectivity index (χ2v) is 5.20. The lowest BCUT2D eigenvalue weighted by Crippen LogP contribution is -2.29. The van der Waals surface area contributed by atoms with E-state index in [9.17, 15) is 0 Å². The Bertz CT molecular complexity index is 531. The summed E-state index contributed by atoms with van der Waals surface area (Å²) in [4.78, 5) is 4.32. The average Bonchev–Trinajstić information content (AvgIpc) is 2.93. The first kappa shape index (κ1) is 14.7. The van der Waals surface area contributed by atoms with Crippen LogP contribution in [0.1, 0.15) is 49.3 Å². The first-order valence-corrected chi connectivity index (χ1v) is 7.06. The summed E-state index contributed by atoms with van der Waals surface area (Å²) in [6.07, 6.45) is 5.72. The molecule has 5 nitrogen and oxygen atoms in total. The predicted octanol–water partition coefficient (Wildman–Crippen LogP) is 2.30. The first-order chi connectivity index (χ1) is 9.63. The van der Waals surface area contributed by atoms with Gasteiger partial charge in [-0.15, -0.1) is 0 Å². The Labute approximate surface area is 120 Å². The van der Waals surface area contributed by atoms with Crippen molar-refractivity contribution in [3.63, 3.8) is 0 Å². The fourth-order valence-corrected chi connectivity index (χ4v) is 2.09. The summed E-state index contributed by atoms with van der Waals surface area (Å²) in [6, 6.07) is 6.56. The van der Waals surface area contributed by atoms with Crippen LogP contribution >= 0.6 is 0 Å². The zero-order valence-corrected chi connectivity index (χ0v) is 12.4. The molecule has 2 unspecified atom stereocenters. The van der Waals surface area contributed by atoms with Crippen molar-refractivity contribution in [2.75, 3.05) is 0 Å². The zero-order chi connectivity index (χ0) is 14.5. The van der Waals surface area contributed by atoms with Gasteiger partial charge >= 0.3 is 0 Å². The van der Waals surface area contributed by atoms with Gasteiger partial charge in [0.05, 0.1) is 11.7 Å². The molecular weight excluding hydrogens is 250 g/mol. The van der Waals surface area contributed by atoms with E-state index in [4.69, 9.17) is 5.84 Å². The van der Waals surface area contributed by atoms with Crippen LogP contribution in [0.3, 0.4) is 0 Å². The maximum atomic E-state index is 5.67. The van der Waals surface area contributed by atoms with Gasteiger partial charge in [-0.05, 0) is 38.0 Å². The van der Waals surface area contributed by atoms with Crippen molar-refractivity contribution in [3.05, 3.63) is 47.5 Å². The fourth-order valence-electron chi connectivity index (χ4n) is 2.09. The second kappa shape index (κ2) is 6.63. The van der Waals surface area contributed by atoms with Crippen LogP contribution in [0.25, 0.3) is 0 Å². The van der Waals surface area contributed by atoms with E-state index in [0.29, 0.717) is 6.04 Å². The number of rotatable bonds is 6. The van der Waals surface area contributed by atoms with Gasteiger partial charge in [-0.3, -0.25) is 20.9 Å². The van der Waals surface area contributed by atoms with Crippen LogP contribution in [0, 0.1) is 6.92 Å². The highest BCUT2D eigenvalue weighted by molar-refractivity contribution is 5.19. The molecule has 0 bridgehead atoms. The van der Waals surface area contributed by atoms with E-state index in [1.165, 1.54) is 0 Å². The van der Waals surface area contributed by atoms with E-state index < -0.39 is 0 Å². The number of hydrazine groups is 1. The van der Waals surface area contributed by atoms with Gasteiger partial charge < -0.3 is 0 Å². The van der Waals surface area contributed by atoms with E-state index >= 15 is 0 Å². The van der Waals surface area contributed by atoms with Gasteiger partial charge in [0.15, 0.2) is 0 Å². The quantitative estimate of drug-likeness (QED) is 0.626. The highest BCUT2D eigenvalue weighted by Crippen LogP contribution is 2.17. The van der Waals surface area contributed by atoms with E-state index in [-0.39, 0.29) is 6.04 Å². The molecule has 0 aliphatic rings. The number of nitrogens with two attached hydrogens (primary N) is 1. The van der Waals surface area contributed by atoms with Crippen LogP contribution in [0.2, 0.25) is 0 Å². The molecule has 0 saturated carbocycles. The predicted molar refractivity (Wildman–Crippen MR) is 80.0 cm³/mol. The fraction of sp³-hybridized carbons (Fsp3) is 0.467. The Morgan fingerprint density at radius 1 is 1.35 bits per heavy atom.